The monoisotopic (exact) mass is 394 g/mol. The van der Waals surface area contributed by atoms with E-state index in [1.54, 1.807) is 24.3 Å². The third-order valence-corrected chi connectivity index (χ3v) is 4.28. The SMILES string of the molecule is NS(=O)(=O)c1ccc(NC(=O)COC(=O)/C=C/c2ccc(Cl)cc2)cc1. The van der Waals surface area contributed by atoms with Gasteiger partial charge in [0.05, 0.1) is 4.90 Å². The Kier molecular flexibility index (Phi) is 6.51. The fourth-order valence-corrected chi connectivity index (χ4v) is 2.49. The lowest BCUT2D eigenvalue weighted by Gasteiger charge is -2.06. The smallest absolute Gasteiger partial charge is 0.331 e. The van der Waals surface area contributed by atoms with Gasteiger partial charge in [-0.15, -0.1) is 0 Å². The summed E-state index contributed by atoms with van der Waals surface area (Å²) in [6.45, 7) is -0.485. The third-order valence-electron chi connectivity index (χ3n) is 3.09. The minimum atomic E-state index is -3.80. The molecule has 0 saturated heterocycles. The fourth-order valence-electron chi connectivity index (χ4n) is 1.85. The van der Waals surface area contributed by atoms with Gasteiger partial charge in [-0.1, -0.05) is 23.7 Å². The van der Waals surface area contributed by atoms with Crippen LogP contribution in [0.3, 0.4) is 0 Å². The lowest BCUT2D eigenvalue weighted by Crippen LogP contribution is -2.20. The van der Waals surface area contributed by atoms with Crippen molar-refractivity contribution in [2.45, 2.75) is 4.90 Å². The number of rotatable bonds is 6. The van der Waals surface area contributed by atoms with Gasteiger partial charge in [0.25, 0.3) is 5.91 Å². The first kappa shape index (κ1) is 19.6. The van der Waals surface area contributed by atoms with Crippen molar-refractivity contribution in [2.24, 2.45) is 5.14 Å². The van der Waals surface area contributed by atoms with E-state index in [-0.39, 0.29) is 4.90 Å². The largest absolute Gasteiger partial charge is 0.452 e. The molecule has 0 aliphatic heterocycles. The second kappa shape index (κ2) is 8.61. The molecule has 0 unspecified atom stereocenters. The van der Waals surface area contributed by atoms with Crippen LogP contribution >= 0.6 is 11.6 Å². The molecule has 0 heterocycles. The molecular formula is C17H15ClN2O5S. The number of anilines is 1. The normalized spacial score (nSPS) is 11.3. The average Bonchev–Trinajstić information content (AvgIpc) is 2.59. The van der Waals surface area contributed by atoms with Crippen molar-refractivity contribution in [2.75, 3.05) is 11.9 Å². The van der Waals surface area contributed by atoms with Crippen LogP contribution in [0.25, 0.3) is 6.08 Å². The number of sulfonamides is 1. The van der Waals surface area contributed by atoms with Crippen LogP contribution in [0, 0.1) is 0 Å². The number of nitrogens with one attached hydrogen (secondary N) is 1. The van der Waals surface area contributed by atoms with Crippen LogP contribution in [-0.2, 0) is 24.3 Å². The zero-order valence-electron chi connectivity index (χ0n) is 13.4. The molecule has 9 heteroatoms. The lowest BCUT2D eigenvalue weighted by molar-refractivity contribution is -0.142. The molecule has 0 saturated carbocycles. The number of carbonyl (C=O) groups excluding carboxylic acids is 2. The number of esters is 1. The van der Waals surface area contributed by atoms with Crippen molar-refractivity contribution >= 4 is 45.3 Å². The Labute approximate surface area is 155 Å². The van der Waals surface area contributed by atoms with Crippen molar-refractivity contribution < 1.29 is 22.7 Å². The highest BCUT2D eigenvalue weighted by Gasteiger charge is 2.09. The van der Waals surface area contributed by atoms with Gasteiger partial charge in [-0.05, 0) is 48.0 Å². The van der Waals surface area contributed by atoms with Gasteiger partial charge in [0.2, 0.25) is 10.0 Å². The summed E-state index contributed by atoms with van der Waals surface area (Å²) in [6, 6.07) is 12.1. The number of halogens is 1. The number of carbonyl (C=O) groups is 2. The predicted octanol–water partition coefficient (Wildman–Crippen LogP) is 2.18. The number of amides is 1. The van der Waals surface area contributed by atoms with Crippen LogP contribution < -0.4 is 10.5 Å². The number of ether oxygens (including phenoxy) is 1. The highest BCUT2D eigenvalue weighted by atomic mass is 35.5. The van der Waals surface area contributed by atoms with E-state index < -0.39 is 28.5 Å². The summed E-state index contributed by atoms with van der Waals surface area (Å²) >= 11 is 5.76. The van der Waals surface area contributed by atoms with Crippen LogP contribution in [0.15, 0.2) is 59.5 Å². The maximum atomic E-state index is 11.7. The molecule has 26 heavy (non-hydrogen) atoms. The maximum Gasteiger partial charge on any atom is 0.331 e. The Morgan fingerprint density at radius 3 is 2.27 bits per heavy atom. The number of primary sulfonamides is 1. The number of hydrogen-bond donors (Lipinski definition) is 2. The number of nitrogens with two attached hydrogens (primary N) is 1. The van der Waals surface area contributed by atoms with E-state index in [2.05, 4.69) is 5.32 Å². The molecule has 2 aromatic rings. The molecule has 0 atom stereocenters. The molecule has 0 aliphatic rings. The predicted molar refractivity (Wildman–Crippen MR) is 97.9 cm³/mol. The Hall–Kier alpha value is -2.68. The molecule has 0 spiro atoms. The lowest BCUT2D eigenvalue weighted by atomic mass is 10.2. The van der Waals surface area contributed by atoms with Crippen LogP contribution in [0.5, 0.6) is 0 Å². The minimum absolute atomic E-state index is 0.0748. The fraction of sp³-hybridized carbons (Fsp3) is 0.0588. The van der Waals surface area contributed by atoms with Crippen molar-refractivity contribution in [3.8, 4) is 0 Å². The molecule has 2 rings (SSSR count). The van der Waals surface area contributed by atoms with Gasteiger partial charge in [0.1, 0.15) is 0 Å². The van der Waals surface area contributed by atoms with Crippen molar-refractivity contribution in [3.63, 3.8) is 0 Å². The molecule has 0 radical (unpaired) electrons. The molecule has 7 nitrogen and oxygen atoms in total. The quantitative estimate of drug-likeness (QED) is 0.575. The molecule has 136 valence electrons. The van der Waals surface area contributed by atoms with Crippen LogP contribution in [-0.4, -0.2) is 26.9 Å². The van der Waals surface area contributed by atoms with E-state index in [1.165, 1.54) is 36.4 Å². The topological polar surface area (TPSA) is 116 Å². The Morgan fingerprint density at radius 1 is 1.08 bits per heavy atom. The first-order chi connectivity index (χ1) is 12.2. The minimum Gasteiger partial charge on any atom is -0.452 e. The van der Waals surface area contributed by atoms with Crippen LogP contribution in [0.1, 0.15) is 5.56 Å². The van der Waals surface area contributed by atoms with Gasteiger partial charge in [-0.25, -0.2) is 18.4 Å². The van der Waals surface area contributed by atoms with Gasteiger partial charge in [-0.2, -0.15) is 0 Å². The third kappa shape index (κ3) is 6.32. The summed E-state index contributed by atoms with van der Waals surface area (Å²) in [7, 11) is -3.80. The molecule has 2 aromatic carbocycles. The first-order valence-electron chi connectivity index (χ1n) is 7.27. The summed E-state index contributed by atoms with van der Waals surface area (Å²) in [4.78, 5) is 23.3. The van der Waals surface area contributed by atoms with E-state index in [1.807, 2.05) is 0 Å². The summed E-state index contributed by atoms with van der Waals surface area (Å²) in [5.74, 6) is -1.25. The molecule has 0 aliphatic carbocycles. The van der Waals surface area contributed by atoms with Crippen molar-refractivity contribution in [1.82, 2.24) is 0 Å². The van der Waals surface area contributed by atoms with E-state index in [9.17, 15) is 18.0 Å². The molecule has 0 fully saturated rings. The van der Waals surface area contributed by atoms with Gasteiger partial charge in [0, 0.05) is 16.8 Å². The van der Waals surface area contributed by atoms with Gasteiger partial charge in [-0.3, -0.25) is 4.79 Å². The van der Waals surface area contributed by atoms with Gasteiger partial charge >= 0.3 is 5.97 Å². The molecule has 3 N–H and O–H groups in total. The first-order valence-corrected chi connectivity index (χ1v) is 9.19. The van der Waals surface area contributed by atoms with E-state index in [0.29, 0.717) is 10.7 Å². The van der Waals surface area contributed by atoms with Gasteiger partial charge < -0.3 is 10.1 Å². The number of hydrogen-bond acceptors (Lipinski definition) is 5. The van der Waals surface area contributed by atoms with E-state index in [4.69, 9.17) is 21.5 Å². The second-order valence-electron chi connectivity index (χ2n) is 5.11. The Balaban J connectivity index is 1.82. The standard InChI is InChI=1S/C17H15ClN2O5S/c18-13-4-1-12(2-5-13)3-10-17(22)25-11-16(21)20-14-6-8-15(9-7-14)26(19,23)24/h1-10H,11H2,(H,20,21)(H2,19,23,24)/b10-3+. The Morgan fingerprint density at radius 2 is 1.69 bits per heavy atom. The zero-order valence-corrected chi connectivity index (χ0v) is 15.0. The van der Waals surface area contributed by atoms with E-state index >= 15 is 0 Å². The molecular weight excluding hydrogens is 380 g/mol. The highest BCUT2D eigenvalue weighted by Crippen LogP contribution is 2.13. The van der Waals surface area contributed by atoms with E-state index in [0.717, 1.165) is 5.56 Å². The maximum absolute atomic E-state index is 11.7. The zero-order chi connectivity index (χ0) is 19.2. The summed E-state index contributed by atoms with van der Waals surface area (Å²) in [5.41, 5.74) is 1.10. The summed E-state index contributed by atoms with van der Waals surface area (Å²) < 4.78 is 27.1. The molecule has 0 bridgehead atoms. The second-order valence-corrected chi connectivity index (χ2v) is 7.11. The van der Waals surface area contributed by atoms with Crippen LogP contribution in [0.2, 0.25) is 5.02 Å². The summed E-state index contributed by atoms with van der Waals surface area (Å²) in [6.07, 6.45) is 2.72. The van der Waals surface area contributed by atoms with Gasteiger partial charge in [0.15, 0.2) is 6.61 Å². The van der Waals surface area contributed by atoms with Crippen molar-refractivity contribution in [1.29, 1.82) is 0 Å². The summed E-state index contributed by atoms with van der Waals surface area (Å²) in [5, 5.41) is 8.03. The molecule has 0 aromatic heterocycles. The molecule has 1 amide bonds. The number of benzene rings is 2. The van der Waals surface area contributed by atoms with Crippen molar-refractivity contribution in [3.05, 3.63) is 65.2 Å². The average molecular weight is 395 g/mol. The highest BCUT2D eigenvalue weighted by molar-refractivity contribution is 7.89. The Bertz CT molecular complexity index is 923. The van der Waals surface area contributed by atoms with Crippen LogP contribution in [0.4, 0.5) is 5.69 Å².